The molecule has 0 spiro atoms. The van der Waals surface area contributed by atoms with Gasteiger partial charge in [-0.05, 0) is 17.9 Å². The summed E-state index contributed by atoms with van der Waals surface area (Å²) in [6.07, 6.45) is 7.99. The van der Waals surface area contributed by atoms with E-state index < -0.39 is 0 Å². The van der Waals surface area contributed by atoms with Crippen LogP contribution < -0.4 is 5.56 Å². The Morgan fingerprint density at radius 1 is 1.41 bits per heavy atom. The molecule has 86 valence electrons. The highest BCUT2D eigenvalue weighted by Gasteiger charge is 2.19. The van der Waals surface area contributed by atoms with E-state index in [0.717, 1.165) is 10.9 Å². The zero-order chi connectivity index (χ0) is 12.6. The van der Waals surface area contributed by atoms with Crippen molar-refractivity contribution in [1.29, 1.82) is 0 Å². The van der Waals surface area contributed by atoms with E-state index >= 15 is 0 Å². The smallest absolute Gasteiger partial charge is 0.248 e. The zero-order valence-corrected chi connectivity index (χ0v) is 10.4. The van der Waals surface area contributed by atoms with Crippen molar-refractivity contribution in [1.82, 2.24) is 9.46 Å². The van der Waals surface area contributed by atoms with Gasteiger partial charge in [-0.2, -0.15) is 0 Å². The Morgan fingerprint density at radius 3 is 2.76 bits per heavy atom. The summed E-state index contributed by atoms with van der Waals surface area (Å²) in [4.78, 5) is 16.1. The lowest BCUT2D eigenvalue weighted by Gasteiger charge is -2.21. The Hall–Kier alpha value is -1.58. The number of allylic oxidation sites excluding steroid dienone is 2. The maximum Gasteiger partial charge on any atom is 0.248 e. The van der Waals surface area contributed by atoms with E-state index in [1.807, 2.05) is 18.2 Å². The molecule has 0 saturated heterocycles. The van der Waals surface area contributed by atoms with Gasteiger partial charge in [0.15, 0.2) is 0 Å². The molecular weight excluding hydrogens is 211 g/mol. The maximum absolute atomic E-state index is 11.8. The summed E-state index contributed by atoms with van der Waals surface area (Å²) in [6, 6.07) is 0. The summed E-state index contributed by atoms with van der Waals surface area (Å²) < 4.78 is 1.01. The molecule has 2 radical (unpaired) electrons. The molecule has 17 heavy (non-hydrogen) atoms. The van der Waals surface area contributed by atoms with Gasteiger partial charge in [0.05, 0.1) is 17.6 Å². The van der Waals surface area contributed by atoms with Gasteiger partial charge in [-0.1, -0.05) is 38.5 Å². The Morgan fingerprint density at radius 2 is 2.12 bits per heavy atom. The standard InChI is InChI=1S/C13H15BN2O/c1-13(2,3)9-5-4-6-10-11(7-9)15-8-16(14)12(10)17/h4,6-8H,5H2,1-3H3. The fraction of sp³-hybridized carbons (Fsp3) is 0.385. The van der Waals surface area contributed by atoms with Gasteiger partial charge in [0.1, 0.15) is 0 Å². The second-order valence-corrected chi connectivity index (χ2v) is 5.28. The summed E-state index contributed by atoms with van der Waals surface area (Å²) in [5.41, 5.74) is 2.39. The topological polar surface area (TPSA) is 34.9 Å². The third kappa shape index (κ3) is 2.26. The van der Waals surface area contributed by atoms with Crippen molar-refractivity contribution >= 4 is 20.1 Å². The average Bonchev–Trinajstić information content (AvgIpc) is 2.45. The molecule has 0 aromatic carbocycles. The number of hydrogen-bond donors (Lipinski definition) is 0. The SMILES string of the molecule is [B]n1cnc2c(c1=O)C=CCC(C(C)(C)C)=C2. The largest absolute Gasteiger partial charge is 0.356 e. The van der Waals surface area contributed by atoms with Crippen LogP contribution in [0.3, 0.4) is 0 Å². The number of rotatable bonds is 0. The predicted octanol–water partition coefficient (Wildman–Crippen LogP) is 2.02. The highest BCUT2D eigenvalue weighted by Crippen LogP contribution is 2.31. The summed E-state index contributed by atoms with van der Waals surface area (Å²) in [5.74, 6) is 0. The first kappa shape index (κ1) is 11.9. The first-order chi connectivity index (χ1) is 7.89. The van der Waals surface area contributed by atoms with Crippen LogP contribution >= 0.6 is 0 Å². The van der Waals surface area contributed by atoms with Crippen molar-refractivity contribution in [3.8, 4) is 0 Å². The van der Waals surface area contributed by atoms with Gasteiger partial charge in [0.25, 0.3) is 0 Å². The van der Waals surface area contributed by atoms with Crippen LogP contribution in [0.15, 0.2) is 22.8 Å². The lowest BCUT2D eigenvalue weighted by molar-refractivity contribution is 0.498. The third-order valence-corrected chi connectivity index (χ3v) is 2.96. The highest BCUT2D eigenvalue weighted by atomic mass is 16.1. The van der Waals surface area contributed by atoms with Crippen LogP contribution in [-0.4, -0.2) is 17.4 Å². The summed E-state index contributed by atoms with van der Waals surface area (Å²) in [5, 5.41) is 0. The first-order valence-corrected chi connectivity index (χ1v) is 5.64. The summed E-state index contributed by atoms with van der Waals surface area (Å²) >= 11 is 0. The molecule has 2 rings (SSSR count). The molecule has 0 atom stereocenters. The van der Waals surface area contributed by atoms with Crippen molar-refractivity contribution in [3.63, 3.8) is 0 Å². The first-order valence-electron chi connectivity index (χ1n) is 5.64. The van der Waals surface area contributed by atoms with Crippen LogP contribution in [0.5, 0.6) is 0 Å². The van der Waals surface area contributed by atoms with Gasteiger partial charge in [-0.3, -0.25) is 4.79 Å². The van der Waals surface area contributed by atoms with Crippen LogP contribution in [0, 0.1) is 5.41 Å². The molecule has 1 aliphatic rings. The molecule has 0 N–H and O–H groups in total. The monoisotopic (exact) mass is 226 g/mol. The van der Waals surface area contributed by atoms with Crippen molar-refractivity contribution < 1.29 is 0 Å². The normalized spacial score (nSPS) is 15.1. The van der Waals surface area contributed by atoms with E-state index in [2.05, 4.69) is 25.8 Å². The second-order valence-electron chi connectivity index (χ2n) is 5.28. The van der Waals surface area contributed by atoms with Gasteiger partial charge in [-0.25, -0.2) is 4.98 Å². The van der Waals surface area contributed by atoms with E-state index in [1.54, 1.807) is 0 Å². The number of aromatic nitrogens is 2. The van der Waals surface area contributed by atoms with Crippen LogP contribution in [0.25, 0.3) is 12.2 Å². The average molecular weight is 226 g/mol. The Kier molecular flexibility index (Phi) is 2.81. The Labute approximate surface area is 102 Å². The van der Waals surface area contributed by atoms with E-state index in [1.165, 1.54) is 11.9 Å². The van der Waals surface area contributed by atoms with Gasteiger partial charge >= 0.3 is 0 Å². The molecule has 0 fully saturated rings. The summed E-state index contributed by atoms with van der Waals surface area (Å²) in [6.45, 7) is 6.46. The number of hydrogen-bond acceptors (Lipinski definition) is 2. The quantitative estimate of drug-likeness (QED) is 0.634. The van der Waals surface area contributed by atoms with E-state index in [9.17, 15) is 4.79 Å². The number of nitrogens with zero attached hydrogens (tertiary/aromatic N) is 2. The maximum atomic E-state index is 11.8. The van der Waals surface area contributed by atoms with E-state index in [-0.39, 0.29) is 11.0 Å². The van der Waals surface area contributed by atoms with Gasteiger partial charge in [0, 0.05) is 0 Å². The molecule has 1 aliphatic carbocycles. The van der Waals surface area contributed by atoms with E-state index in [0.29, 0.717) is 11.3 Å². The second kappa shape index (κ2) is 4.02. The molecule has 1 aromatic rings. The van der Waals surface area contributed by atoms with Crippen LogP contribution in [-0.2, 0) is 0 Å². The van der Waals surface area contributed by atoms with Gasteiger partial charge < -0.3 is 4.48 Å². The minimum Gasteiger partial charge on any atom is -0.356 e. The third-order valence-electron chi connectivity index (χ3n) is 2.96. The van der Waals surface area contributed by atoms with E-state index in [4.69, 9.17) is 7.98 Å². The lowest BCUT2D eigenvalue weighted by Crippen LogP contribution is -2.22. The van der Waals surface area contributed by atoms with Crippen LogP contribution in [0.4, 0.5) is 0 Å². The Balaban J connectivity index is 2.64. The Bertz CT molecular complexity index is 562. The van der Waals surface area contributed by atoms with Crippen molar-refractivity contribution in [2.24, 2.45) is 5.41 Å². The summed E-state index contributed by atoms with van der Waals surface area (Å²) in [7, 11) is 5.50. The molecule has 0 aliphatic heterocycles. The molecule has 0 bridgehead atoms. The minimum absolute atomic E-state index is 0.0746. The molecular formula is C13H15BN2O. The molecule has 0 unspecified atom stereocenters. The highest BCUT2D eigenvalue weighted by molar-refractivity contribution is 6.06. The molecule has 3 nitrogen and oxygen atoms in total. The van der Waals surface area contributed by atoms with Crippen molar-refractivity contribution in [2.75, 3.05) is 0 Å². The van der Waals surface area contributed by atoms with Crippen molar-refractivity contribution in [2.45, 2.75) is 27.2 Å². The molecule has 0 amide bonds. The zero-order valence-electron chi connectivity index (χ0n) is 10.4. The fourth-order valence-corrected chi connectivity index (χ4v) is 1.82. The minimum atomic E-state index is -0.211. The van der Waals surface area contributed by atoms with Gasteiger partial charge in [0.2, 0.25) is 13.5 Å². The molecule has 1 heterocycles. The predicted molar refractivity (Wildman–Crippen MR) is 70.7 cm³/mol. The number of fused-ring (bicyclic) bond motifs is 1. The van der Waals surface area contributed by atoms with Gasteiger partial charge in [-0.15, -0.1) is 0 Å². The van der Waals surface area contributed by atoms with Crippen LogP contribution in [0.2, 0.25) is 0 Å². The fourth-order valence-electron chi connectivity index (χ4n) is 1.82. The molecule has 4 heteroatoms. The van der Waals surface area contributed by atoms with Crippen molar-refractivity contribution in [3.05, 3.63) is 39.6 Å². The lowest BCUT2D eigenvalue weighted by atomic mass is 9.84. The molecule has 0 saturated carbocycles. The van der Waals surface area contributed by atoms with Crippen LogP contribution in [0.1, 0.15) is 38.4 Å². The molecule has 1 aromatic heterocycles.